The van der Waals surface area contributed by atoms with Crippen molar-refractivity contribution in [3.63, 3.8) is 0 Å². The second-order valence-corrected chi connectivity index (χ2v) is 6.32. The first-order chi connectivity index (χ1) is 7.95. The molecular weight excluding hydrogens is 281 g/mol. The Labute approximate surface area is 135 Å². The van der Waals surface area contributed by atoms with Crippen molar-refractivity contribution in [2.24, 2.45) is 5.73 Å². The van der Waals surface area contributed by atoms with E-state index in [9.17, 15) is 13.0 Å². The molecule has 0 heterocycles. The molecule has 18 heavy (non-hydrogen) atoms. The molecule has 0 aliphatic rings. The molecule has 1 unspecified atom stereocenters. The quantitative estimate of drug-likeness (QED) is 0.388. The van der Waals surface area contributed by atoms with Crippen LogP contribution < -0.4 is 35.3 Å². The molecule has 0 bridgehead atoms. The molecule has 7 heteroatoms. The maximum atomic E-state index is 10.8. The number of rotatable bonds is 6. The maximum absolute atomic E-state index is 10.8. The Morgan fingerprint density at radius 2 is 1.89 bits per heavy atom. The monoisotopic (exact) mass is 297 g/mol. The van der Waals surface area contributed by atoms with Gasteiger partial charge in [0.05, 0.1) is 4.90 Å². The van der Waals surface area contributed by atoms with E-state index >= 15 is 0 Å². The molecule has 0 aliphatic carbocycles. The van der Waals surface area contributed by atoms with Gasteiger partial charge >= 0.3 is 29.6 Å². The topological polar surface area (TPSA) is 83.2 Å². The Morgan fingerprint density at radius 3 is 2.33 bits per heavy atom. The zero-order valence-corrected chi connectivity index (χ0v) is 14.3. The number of nitrogens with two attached hydrogens (primary N) is 1. The normalized spacial score (nSPS) is 12.8. The van der Waals surface area contributed by atoms with Crippen molar-refractivity contribution in [2.45, 2.75) is 17.7 Å². The zero-order chi connectivity index (χ0) is 12.9. The van der Waals surface area contributed by atoms with Gasteiger partial charge in [-0.3, -0.25) is 0 Å². The first kappa shape index (κ1) is 18.4. The third-order valence-electron chi connectivity index (χ3n) is 2.37. The average Bonchev–Trinajstić information content (AvgIpc) is 2.28. The van der Waals surface area contributed by atoms with Gasteiger partial charge in [-0.15, -0.1) is 0 Å². The predicted octanol–water partition coefficient (Wildman–Crippen LogP) is -1.61. The van der Waals surface area contributed by atoms with E-state index in [4.69, 9.17) is 5.73 Å². The molecule has 1 aromatic carbocycles. The van der Waals surface area contributed by atoms with Gasteiger partial charge in [0.15, 0.2) is 0 Å². The largest absolute Gasteiger partial charge is 1.00 e. The van der Waals surface area contributed by atoms with Crippen molar-refractivity contribution >= 4 is 21.9 Å². The van der Waals surface area contributed by atoms with Gasteiger partial charge in [0.25, 0.3) is 0 Å². The van der Waals surface area contributed by atoms with Crippen LogP contribution in [0.15, 0.2) is 29.2 Å². The van der Waals surface area contributed by atoms with Gasteiger partial charge in [-0.2, -0.15) is 11.8 Å². The van der Waals surface area contributed by atoms with E-state index in [0.29, 0.717) is 12.5 Å². The van der Waals surface area contributed by atoms with Crippen molar-refractivity contribution < 1.29 is 42.5 Å². The van der Waals surface area contributed by atoms with E-state index in [-0.39, 0.29) is 34.5 Å². The molecule has 0 saturated carbocycles. The molecule has 0 aliphatic heterocycles. The first-order valence-corrected chi connectivity index (χ1v) is 7.85. The number of hydrogen-bond donors (Lipinski definition) is 1. The van der Waals surface area contributed by atoms with Crippen LogP contribution in [0, 0.1) is 0 Å². The maximum Gasteiger partial charge on any atom is 1.00 e. The van der Waals surface area contributed by atoms with Crippen molar-refractivity contribution in [1.29, 1.82) is 0 Å². The molecule has 4 nitrogen and oxygen atoms in total. The predicted molar refractivity (Wildman–Crippen MR) is 69.2 cm³/mol. The summed E-state index contributed by atoms with van der Waals surface area (Å²) in [7, 11) is -4.34. The summed E-state index contributed by atoms with van der Waals surface area (Å²) in [5, 5.41) is 0. The summed E-state index contributed by atoms with van der Waals surface area (Å²) in [4.78, 5) is -0.178. The van der Waals surface area contributed by atoms with Gasteiger partial charge in [-0.1, -0.05) is 19.1 Å². The molecule has 1 aromatic rings. The third kappa shape index (κ3) is 6.06. The van der Waals surface area contributed by atoms with Crippen LogP contribution in [-0.2, 0) is 10.1 Å². The molecule has 1 rings (SSSR count). The molecule has 0 amide bonds. The van der Waals surface area contributed by atoms with Crippen LogP contribution in [0.3, 0.4) is 0 Å². The SMILES string of the molecule is CC(CSCCN)c1ccc(S(=O)(=O)[O-])cc1.[Na+]. The van der Waals surface area contributed by atoms with Gasteiger partial charge in [-0.25, -0.2) is 8.42 Å². The van der Waals surface area contributed by atoms with Crippen LogP contribution >= 0.6 is 11.8 Å². The van der Waals surface area contributed by atoms with E-state index in [1.807, 2.05) is 0 Å². The van der Waals surface area contributed by atoms with Crippen LogP contribution in [0.25, 0.3) is 0 Å². The Morgan fingerprint density at radius 1 is 1.33 bits per heavy atom. The van der Waals surface area contributed by atoms with E-state index in [2.05, 4.69) is 6.92 Å². The summed E-state index contributed by atoms with van der Waals surface area (Å²) >= 11 is 1.76. The minimum atomic E-state index is -4.34. The van der Waals surface area contributed by atoms with Crippen molar-refractivity contribution in [3.05, 3.63) is 29.8 Å². The van der Waals surface area contributed by atoms with Crippen LogP contribution in [0.2, 0.25) is 0 Å². The molecule has 1 atom stereocenters. The van der Waals surface area contributed by atoms with Gasteiger partial charge < -0.3 is 10.3 Å². The fourth-order valence-electron chi connectivity index (χ4n) is 1.40. The van der Waals surface area contributed by atoms with Crippen LogP contribution in [0.5, 0.6) is 0 Å². The second kappa shape index (κ2) is 8.58. The molecule has 0 aromatic heterocycles. The molecular formula is C11H16NNaO3S2. The van der Waals surface area contributed by atoms with E-state index in [0.717, 1.165) is 17.1 Å². The second-order valence-electron chi connectivity index (χ2n) is 3.79. The Balaban J connectivity index is 0.00000289. The van der Waals surface area contributed by atoms with Crippen LogP contribution in [-0.4, -0.2) is 31.0 Å². The third-order valence-corrected chi connectivity index (χ3v) is 4.48. The fraction of sp³-hybridized carbons (Fsp3) is 0.455. The molecule has 0 saturated heterocycles. The van der Waals surface area contributed by atoms with E-state index in [1.165, 1.54) is 12.1 Å². The Bertz CT molecular complexity index is 448. The number of hydrogen-bond acceptors (Lipinski definition) is 5. The molecule has 96 valence electrons. The number of benzene rings is 1. The smallest absolute Gasteiger partial charge is 0.744 e. The van der Waals surface area contributed by atoms with Crippen molar-refractivity contribution in [2.75, 3.05) is 18.1 Å². The van der Waals surface area contributed by atoms with Crippen LogP contribution in [0.1, 0.15) is 18.4 Å². The molecule has 0 radical (unpaired) electrons. The summed E-state index contributed by atoms with van der Waals surface area (Å²) in [5.74, 6) is 2.16. The number of thioether (sulfide) groups is 1. The standard InChI is InChI=1S/C11H17NO3S2.Na/c1-9(8-16-7-6-12)10-2-4-11(5-3-10)17(13,14)15;/h2-5,9H,6-8,12H2,1H3,(H,13,14,15);/q;+1/p-1. The van der Waals surface area contributed by atoms with E-state index in [1.54, 1.807) is 23.9 Å². The summed E-state index contributed by atoms with van der Waals surface area (Å²) in [6.45, 7) is 2.72. The van der Waals surface area contributed by atoms with Gasteiger partial charge in [0, 0.05) is 12.3 Å². The van der Waals surface area contributed by atoms with Gasteiger partial charge in [-0.05, 0) is 29.4 Å². The molecule has 0 spiro atoms. The summed E-state index contributed by atoms with van der Waals surface area (Å²) < 4.78 is 32.3. The fourth-order valence-corrected chi connectivity index (χ4v) is 2.75. The first-order valence-electron chi connectivity index (χ1n) is 5.29. The van der Waals surface area contributed by atoms with Crippen molar-refractivity contribution in [1.82, 2.24) is 0 Å². The molecule has 0 fully saturated rings. The van der Waals surface area contributed by atoms with Crippen molar-refractivity contribution in [3.8, 4) is 0 Å². The van der Waals surface area contributed by atoms with Gasteiger partial charge in [0.1, 0.15) is 10.1 Å². The molecule has 2 N–H and O–H groups in total. The zero-order valence-electron chi connectivity index (χ0n) is 10.6. The Kier molecular flexibility index (Phi) is 8.79. The summed E-state index contributed by atoms with van der Waals surface area (Å²) in [6.07, 6.45) is 0. The summed E-state index contributed by atoms with van der Waals surface area (Å²) in [6, 6.07) is 6.11. The van der Waals surface area contributed by atoms with Crippen LogP contribution in [0.4, 0.5) is 0 Å². The minimum absolute atomic E-state index is 0. The van der Waals surface area contributed by atoms with Gasteiger partial charge in [0.2, 0.25) is 0 Å². The minimum Gasteiger partial charge on any atom is -0.744 e. The summed E-state index contributed by atoms with van der Waals surface area (Å²) in [5.41, 5.74) is 6.43. The van der Waals surface area contributed by atoms with E-state index < -0.39 is 10.1 Å². The Hall–Kier alpha value is 0.440. The average molecular weight is 297 g/mol.